The Morgan fingerprint density at radius 3 is 2.54 bits per heavy atom. The maximum absolute atomic E-state index is 5.72. The molecule has 0 amide bonds. The van der Waals surface area contributed by atoms with Crippen LogP contribution in [0.2, 0.25) is 0 Å². The van der Waals surface area contributed by atoms with Crippen LogP contribution in [0.15, 0.2) is 6.20 Å². The summed E-state index contributed by atoms with van der Waals surface area (Å²) in [4.78, 5) is 2.12. The molecule has 0 radical (unpaired) electrons. The van der Waals surface area contributed by atoms with Gasteiger partial charge in [0.05, 0.1) is 17.9 Å². The lowest BCUT2D eigenvalue weighted by Crippen LogP contribution is -2.29. The molecule has 74 valence electrons. The minimum atomic E-state index is 0.257. The zero-order valence-electron chi connectivity index (χ0n) is 8.78. The van der Waals surface area contributed by atoms with Crippen molar-refractivity contribution in [2.75, 3.05) is 20.6 Å². The van der Waals surface area contributed by atoms with Gasteiger partial charge in [-0.15, -0.1) is 0 Å². The molecule has 1 atom stereocenters. The van der Waals surface area contributed by atoms with Gasteiger partial charge in [0, 0.05) is 13.6 Å². The summed E-state index contributed by atoms with van der Waals surface area (Å²) < 4.78 is 1.90. The number of aryl methyl sites for hydroxylation is 2. The van der Waals surface area contributed by atoms with Crippen molar-refractivity contribution >= 4 is 0 Å². The minimum Gasteiger partial charge on any atom is -0.329 e. The Morgan fingerprint density at radius 1 is 1.62 bits per heavy atom. The quantitative estimate of drug-likeness (QED) is 0.731. The molecule has 0 bridgehead atoms. The summed E-state index contributed by atoms with van der Waals surface area (Å²) in [5.74, 6) is 0. The van der Waals surface area contributed by atoms with Crippen molar-refractivity contribution in [2.45, 2.75) is 13.0 Å². The fraction of sp³-hybridized carbons (Fsp3) is 0.667. The maximum atomic E-state index is 5.72. The molecule has 0 fully saturated rings. The highest BCUT2D eigenvalue weighted by molar-refractivity contribution is 5.19. The van der Waals surface area contributed by atoms with E-state index in [9.17, 15) is 0 Å². The highest BCUT2D eigenvalue weighted by atomic mass is 15.3. The zero-order chi connectivity index (χ0) is 10.0. The van der Waals surface area contributed by atoms with Crippen LogP contribution in [-0.4, -0.2) is 35.3 Å². The van der Waals surface area contributed by atoms with E-state index < -0.39 is 0 Å². The van der Waals surface area contributed by atoms with Crippen LogP contribution in [0, 0.1) is 6.92 Å². The Kier molecular flexibility index (Phi) is 3.06. The van der Waals surface area contributed by atoms with Crippen molar-refractivity contribution in [1.29, 1.82) is 0 Å². The van der Waals surface area contributed by atoms with Crippen LogP contribution < -0.4 is 5.73 Å². The third-order valence-corrected chi connectivity index (χ3v) is 2.34. The molecule has 1 aromatic heterocycles. The predicted molar refractivity (Wildman–Crippen MR) is 53.4 cm³/mol. The number of nitrogens with two attached hydrogens (primary N) is 1. The van der Waals surface area contributed by atoms with Gasteiger partial charge in [0.15, 0.2) is 0 Å². The molecular weight excluding hydrogens is 164 g/mol. The Balaban J connectivity index is 3.03. The Labute approximate surface area is 79.3 Å². The molecular formula is C9H18N4. The first-order valence-corrected chi connectivity index (χ1v) is 4.43. The van der Waals surface area contributed by atoms with Gasteiger partial charge in [-0.05, 0) is 26.6 Å². The summed E-state index contributed by atoms with van der Waals surface area (Å²) in [5, 5.41) is 4.20. The number of nitrogens with zero attached hydrogens (tertiary/aromatic N) is 3. The highest BCUT2D eigenvalue weighted by Crippen LogP contribution is 2.19. The number of aromatic nitrogens is 2. The lowest BCUT2D eigenvalue weighted by atomic mass is 10.1. The van der Waals surface area contributed by atoms with Gasteiger partial charge in [-0.25, -0.2) is 0 Å². The summed E-state index contributed by atoms with van der Waals surface area (Å²) in [7, 11) is 6.02. The van der Waals surface area contributed by atoms with Gasteiger partial charge in [0.25, 0.3) is 0 Å². The van der Waals surface area contributed by atoms with Crippen LogP contribution in [0.25, 0.3) is 0 Å². The van der Waals surface area contributed by atoms with Gasteiger partial charge < -0.3 is 5.73 Å². The number of likely N-dealkylation sites (N-methyl/N-ethyl adjacent to an activating group) is 1. The summed E-state index contributed by atoms with van der Waals surface area (Å²) in [6, 6.07) is 0.257. The third kappa shape index (κ3) is 1.89. The number of rotatable bonds is 3. The Morgan fingerprint density at radius 2 is 2.23 bits per heavy atom. The van der Waals surface area contributed by atoms with Crippen LogP contribution in [0.1, 0.15) is 17.3 Å². The SMILES string of the molecule is Cc1cnn(C)c1C(CN)N(C)C. The number of hydrogen-bond donors (Lipinski definition) is 1. The van der Waals surface area contributed by atoms with Crippen LogP contribution in [0.4, 0.5) is 0 Å². The standard InChI is InChI=1S/C9H18N4/c1-7-6-11-13(4)9(7)8(5-10)12(2)3/h6,8H,5,10H2,1-4H3. The highest BCUT2D eigenvalue weighted by Gasteiger charge is 2.17. The number of hydrogen-bond acceptors (Lipinski definition) is 3. The van der Waals surface area contributed by atoms with E-state index in [0.717, 1.165) is 0 Å². The van der Waals surface area contributed by atoms with Gasteiger partial charge in [-0.3, -0.25) is 9.58 Å². The average Bonchev–Trinajstić information content (AvgIpc) is 2.36. The molecule has 0 spiro atoms. The second-order valence-corrected chi connectivity index (χ2v) is 3.55. The zero-order valence-corrected chi connectivity index (χ0v) is 8.78. The summed E-state index contributed by atoms with van der Waals surface area (Å²) in [6.07, 6.45) is 1.88. The van der Waals surface area contributed by atoms with Gasteiger partial charge in [0.2, 0.25) is 0 Å². The van der Waals surface area contributed by atoms with E-state index in [2.05, 4.69) is 16.9 Å². The normalized spacial score (nSPS) is 13.7. The molecule has 1 unspecified atom stereocenters. The molecule has 1 heterocycles. The average molecular weight is 182 g/mol. The molecule has 0 aromatic carbocycles. The van der Waals surface area contributed by atoms with Crippen molar-refractivity contribution < 1.29 is 0 Å². The maximum Gasteiger partial charge on any atom is 0.0639 e. The fourth-order valence-corrected chi connectivity index (χ4v) is 1.60. The molecule has 4 heteroatoms. The van der Waals surface area contributed by atoms with Gasteiger partial charge in [0.1, 0.15) is 0 Å². The van der Waals surface area contributed by atoms with E-state index >= 15 is 0 Å². The molecule has 0 aliphatic heterocycles. The molecule has 1 aromatic rings. The van der Waals surface area contributed by atoms with Crippen LogP contribution >= 0.6 is 0 Å². The fourth-order valence-electron chi connectivity index (χ4n) is 1.60. The minimum absolute atomic E-state index is 0.257. The Hall–Kier alpha value is -0.870. The van der Waals surface area contributed by atoms with Crippen LogP contribution in [-0.2, 0) is 7.05 Å². The van der Waals surface area contributed by atoms with Gasteiger partial charge in [-0.1, -0.05) is 0 Å². The first-order valence-electron chi connectivity index (χ1n) is 4.43. The van der Waals surface area contributed by atoms with Crippen molar-refractivity contribution in [1.82, 2.24) is 14.7 Å². The molecule has 4 nitrogen and oxygen atoms in total. The lowest BCUT2D eigenvalue weighted by molar-refractivity contribution is 0.291. The van der Waals surface area contributed by atoms with E-state index in [1.165, 1.54) is 11.3 Å². The van der Waals surface area contributed by atoms with E-state index in [4.69, 9.17) is 5.73 Å². The first kappa shape index (κ1) is 10.2. The van der Waals surface area contributed by atoms with E-state index in [1.807, 2.05) is 32.0 Å². The van der Waals surface area contributed by atoms with Crippen molar-refractivity contribution in [3.63, 3.8) is 0 Å². The van der Waals surface area contributed by atoms with Crippen molar-refractivity contribution in [3.05, 3.63) is 17.5 Å². The lowest BCUT2D eigenvalue weighted by Gasteiger charge is -2.23. The van der Waals surface area contributed by atoms with E-state index in [0.29, 0.717) is 6.54 Å². The van der Waals surface area contributed by atoms with Crippen LogP contribution in [0.5, 0.6) is 0 Å². The molecule has 0 aliphatic carbocycles. The van der Waals surface area contributed by atoms with E-state index in [-0.39, 0.29) is 6.04 Å². The molecule has 0 saturated carbocycles. The predicted octanol–water partition coefficient (Wildman–Crippen LogP) is 0.290. The molecule has 0 saturated heterocycles. The van der Waals surface area contributed by atoms with Crippen molar-refractivity contribution in [2.24, 2.45) is 12.8 Å². The summed E-state index contributed by atoms with van der Waals surface area (Å²) in [6.45, 7) is 2.68. The molecule has 13 heavy (non-hydrogen) atoms. The monoisotopic (exact) mass is 182 g/mol. The summed E-state index contributed by atoms with van der Waals surface area (Å²) in [5.41, 5.74) is 8.12. The summed E-state index contributed by atoms with van der Waals surface area (Å²) >= 11 is 0. The smallest absolute Gasteiger partial charge is 0.0639 e. The van der Waals surface area contributed by atoms with E-state index in [1.54, 1.807) is 0 Å². The van der Waals surface area contributed by atoms with Crippen molar-refractivity contribution in [3.8, 4) is 0 Å². The Bertz CT molecular complexity index is 258. The second-order valence-electron chi connectivity index (χ2n) is 3.55. The van der Waals surface area contributed by atoms with Crippen LogP contribution in [0.3, 0.4) is 0 Å². The molecule has 1 rings (SSSR count). The van der Waals surface area contributed by atoms with Gasteiger partial charge >= 0.3 is 0 Å². The molecule has 2 N–H and O–H groups in total. The topological polar surface area (TPSA) is 47.1 Å². The third-order valence-electron chi connectivity index (χ3n) is 2.34. The largest absolute Gasteiger partial charge is 0.329 e. The second kappa shape index (κ2) is 3.89. The van der Waals surface area contributed by atoms with Gasteiger partial charge in [-0.2, -0.15) is 5.10 Å². The first-order chi connectivity index (χ1) is 6.07. The molecule has 0 aliphatic rings.